The first-order valence-electron chi connectivity index (χ1n) is 5.38. The summed E-state index contributed by atoms with van der Waals surface area (Å²) in [5.74, 6) is 0. The standard InChI is InChI=1S/C12H12ClN3/c13-12-10-8-14-7-6-11(10)15-16(12)9-4-2-1-3-5-9/h1-5,14H,6-8H2. The van der Waals surface area contributed by atoms with Crippen LogP contribution in [0.25, 0.3) is 5.69 Å². The van der Waals surface area contributed by atoms with Crippen molar-refractivity contribution in [1.82, 2.24) is 15.1 Å². The van der Waals surface area contributed by atoms with Gasteiger partial charge < -0.3 is 5.32 Å². The number of para-hydroxylation sites is 1. The number of aromatic nitrogens is 2. The molecule has 0 saturated carbocycles. The number of hydrogen-bond donors (Lipinski definition) is 1. The van der Waals surface area contributed by atoms with Gasteiger partial charge >= 0.3 is 0 Å². The molecule has 0 bridgehead atoms. The lowest BCUT2D eigenvalue weighted by atomic mass is 10.1. The van der Waals surface area contributed by atoms with Gasteiger partial charge in [-0.3, -0.25) is 0 Å². The van der Waals surface area contributed by atoms with Gasteiger partial charge in [-0.05, 0) is 12.1 Å². The zero-order valence-corrected chi connectivity index (χ0v) is 9.54. The minimum absolute atomic E-state index is 0.730. The lowest BCUT2D eigenvalue weighted by Crippen LogP contribution is -2.22. The van der Waals surface area contributed by atoms with Crippen LogP contribution in [-0.4, -0.2) is 16.3 Å². The summed E-state index contributed by atoms with van der Waals surface area (Å²) in [6.45, 7) is 1.80. The van der Waals surface area contributed by atoms with Gasteiger partial charge in [0.1, 0.15) is 5.15 Å². The molecule has 4 heteroatoms. The summed E-state index contributed by atoms with van der Waals surface area (Å²) < 4.78 is 1.82. The summed E-state index contributed by atoms with van der Waals surface area (Å²) in [7, 11) is 0. The molecule has 0 atom stereocenters. The van der Waals surface area contributed by atoms with Crippen LogP contribution in [0.1, 0.15) is 11.3 Å². The fourth-order valence-electron chi connectivity index (χ4n) is 2.01. The molecule has 1 aromatic heterocycles. The molecule has 2 aromatic rings. The molecule has 82 valence electrons. The lowest BCUT2D eigenvalue weighted by molar-refractivity contribution is 0.635. The van der Waals surface area contributed by atoms with E-state index in [2.05, 4.69) is 10.4 Å². The van der Waals surface area contributed by atoms with Crippen LogP contribution in [-0.2, 0) is 13.0 Å². The van der Waals surface area contributed by atoms with Crippen LogP contribution in [0.2, 0.25) is 5.15 Å². The Hall–Kier alpha value is -1.32. The van der Waals surface area contributed by atoms with E-state index in [0.29, 0.717) is 0 Å². The van der Waals surface area contributed by atoms with E-state index in [0.717, 1.165) is 41.6 Å². The van der Waals surface area contributed by atoms with E-state index in [9.17, 15) is 0 Å². The zero-order chi connectivity index (χ0) is 11.0. The average molecular weight is 234 g/mol. The van der Waals surface area contributed by atoms with E-state index < -0.39 is 0 Å². The third kappa shape index (κ3) is 1.52. The number of nitrogens with zero attached hydrogens (tertiary/aromatic N) is 2. The largest absolute Gasteiger partial charge is 0.312 e. The van der Waals surface area contributed by atoms with Crippen LogP contribution in [0, 0.1) is 0 Å². The molecule has 3 nitrogen and oxygen atoms in total. The van der Waals surface area contributed by atoms with E-state index in [1.807, 2.05) is 35.0 Å². The van der Waals surface area contributed by atoms with Gasteiger partial charge in [0.15, 0.2) is 0 Å². The maximum absolute atomic E-state index is 6.34. The summed E-state index contributed by atoms with van der Waals surface area (Å²) >= 11 is 6.34. The van der Waals surface area contributed by atoms with E-state index >= 15 is 0 Å². The van der Waals surface area contributed by atoms with Gasteiger partial charge in [-0.2, -0.15) is 5.10 Å². The molecule has 1 aliphatic heterocycles. The Balaban J connectivity index is 2.12. The molecule has 3 rings (SSSR count). The van der Waals surface area contributed by atoms with E-state index in [1.165, 1.54) is 0 Å². The fraction of sp³-hybridized carbons (Fsp3) is 0.250. The number of halogens is 1. The molecule has 0 radical (unpaired) electrons. The van der Waals surface area contributed by atoms with Gasteiger partial charge in [-0.1, -0.05) is 29.8 Å². The van der Waals surface area contributed by atoms with Gasteiger partial charge in [-0.15, -0.1) is 0 Å². The molecular formula is C12H12ClN3. The highest BCUT2D eigenvalue weighted by Gasteiger charge is 2.19. The Morgan fingerprint density at radius 2 is 2.06 bits per heavy atom. The van der Waals surface area contributed by atoms with E-state index in [1.54, 1.807) is 0 Å². The molecule has 2 heterocycles. The van der Waals surface area contributed by atoms with E-state index in [4.69, 9.17) is 11.6 Å². The Bertz CT molecular complexity index is 504. The zero-order valence-electron chi connectivity index (χ0n) is 8.78. The first-order chi connectivity index (χ1) is 7.86. The van der Waals surface area contributed by atoms with Crippen LogP contribution in [0.5, 0.6) is 0 Å². The molecule has 0 fully saturated rings. The number of nitrogens with one attached hydrogen (secondary N) is 1. The van der Waals surface area contributed by atoms with Crippen LogP contribution in [0.3, 0.4) is 0 Å². The number of rotatable bonds is 1. The molecule has 0 saturated heterocycles. The van der Waals surface area contributed by atoms with Crippen molar-refractivity contribution >= 4 is 11.6 Å². The van der Waals surface area contributed by atoms with Crippen molar-refractivity contribution in [3.63, 3.8) is 0 Å². The normalized spacial score (nSPS) is 14.8. The molecule has 1 aliphatic rings. The predicted octanol–water partition coefficient (Wildman–Crippen LogP) is 2.17. The second-order valence-electron chi connectivity index (χ2n) is 3.89. The van der Waals surface area contributed by atoms with E-state index in [-0.39, 0.29) is 0 Å². The molecular weight excluding hydrogens is 222 g/mol. The van der Waals surface area contributed by atoms with Gasteiger partial charge in [0.2, 0.25) is 0 Å². The maximum atomic E-state index is 6.34. The van der Waals surface area contributed by atoms with Gasteiger partial charge in [-0.25, -0.2) is 4.68 Å². The van der Waals surface area contributed by atoms with Crippen LogP contribution < -0.4 is 5.32 Å². The number of fused-ring (bicyclic) bond motifs is 1. The van der Waals surface area contributed by atoms with Crippen LogP contribution in [0.15, 0.2) is 30.3 Å². The minimum Gasteiger partial charge on any atom is -0.312 e. The molecule has 0 amide bonds. The first kappa shape index (κ1) is 9.87. The smallest absolute Gasteiger partial charge is 0.137 e. The summed E-state index contributed by atoms with van der Waals surface area (Å²) in [5.41, 5.74) is 3.27. The second-order valence-corrected chi connectivity index (χ2v) is 4.25. The highest BCUT2D eigenvalue weighted by atomic mass is 35.5. The predicted molar refractivity (Wildman–Crippen MR) is 64.0 cm³/mol. The Labute approximate surface area is 99.0 Å². The Kier molecular flexibility index (Phi) is 2.42. The molecule has 1 aromatic carbocycles. The molecule has 0 aliphatic carbocycles. The summed E-state index contributed by atoms with van der Waals surface area (Å²) in [5, 5.41) is 8.60. The highest BCUT2D eigenvalue weighted by Crippen LogP contribution is 2.25. The Morgan fingerprint density at radius 1 is 1.25 bits per heavy atom. The third-order valence-electron chi connectivity index (χ3n) is 2.85. The average Bonchev–Trinajstić information content (AvgIpc) is 2.69. The van der Waals surface area contributed by atoms with Crippen molar-refractivity contribution in [2.45, 2.75) is 13.0 Å². The number of hydrogen-bond acceptors (Lipinski definition) is 2. The van der Waals surface area contributed by atoms with Crippen molar-refractivity contribution in [2.24, 2.45) is 0 Å². The minimum atomic E-state index is 0.730. The fourth-order valence-corrected chi connectivity index (χ4v) is 2.32. The van der Waals surface area contributed by atoms with Gasteiger partial charge in [0, 0.05) is 25.1 Å². The van der Waals surface area contributed by atoms with Gasteiger partial charge in [0.25, 0.3) is 0 Å². The summed E-state index contributed by atoms with van der Waals surface area (Å²) in [6, 6.07) is 9.99. The monoisotopic (exact) mass is 233 g/mol. The SMILES string of the molecule is Clc1c2c(nn1-c1ccccc1)CCNC2. The van der Waals surface area contributed by atoms with Crippen molar-refractivity contribution in [1.29, 1.82) is 0 Å². The third-order valence-corrected chi connectivity index (χ3v) is 3.23. The topological polar surface area (TPSA) is 29.9 Å². The highest BCUT2D eigenvalue weighted by molar-refractivity contribution is 6.30. The second kappa shape index (κ2) is 3.92. The first-order valence-corrected chi connectivity index (χ1v) is 5.76. The maximum Gasteiger partial charge on any atom is 0.137 e. The molecule has 1 N–H and O–H groups in total. The van der Waals surface area contributed by atoms with Crippen molar-refractivity contribution in [2.75, 3.05) is 6.54 Å². The summed E-state index contributed by atoms with van der Waals surface area (Å²) in [6.07, 6.45) is 0.953. The Morgan fingerprint density at radius 3 is 2.81 bits per heavy atom. The number of benzene rings is 1. The molecule has 0 unspecified atom stereocenters. The molecule has 16 heavy (non-hydrogen) atoms. The molecule has 0 spiro atoms. The van der Waals surface area contributed by atoms with Crippen molar-refractivity contribution in [3.8, 4) is 5.69 Å². The van der Waals surface area contributed by atoms with Crippen molar-refractivity contribution < 1.29 is 0 Å². The lowest BCUT2D eigenvalue weighted by Gasteiger charge is -2.10. The van der Waals surface area contributed by atoms with Crippen LogP contribution >= 0.6 is 11.6 Å². The quantitative estimate of drug-likeness (QED) is 0.818. The van der Waals surface area contributed by atoms with Crippen molar-refractivity contribution in [3.05, 3.63) is 46.7 Å². The van der Waals surface area contributed by atoms with Gasteiger partial charge in [0.05, 0.1) is 11.4 Å². The van der Waals surface area contributed by atoms with Crippen LogP contribution in [0.4, 0.5) is 0 Å². The summed E-state index contributed by atoms with van der Waals surface area (Å²) in [4.78, 5) is 0.